The van der Waals surface area contributed by atoms with Crippen molar-refractivity contribution in [2.75, 3.05) is 37.4 Å². The summed E-state index contributed by atoms with van der Waals surface area (Å²) in [5.41, 5.74) is 14.9. The molecule has 5 amide bonds. The van der Waals surface area contributed by atoms with Gasteiger partial charge in [-0.05, 0) is 110 Å². The summed E-state index contributed by atoms with van der Waals surface area (Å²) in [5, 5.41) is 14.7. The highest BCUT2D eigenvalue weighted by molar-refractivity contribution is 6.05. The zero-order chi connectivity index (χ0) is 50.4. The number of anilines is 2. The van der Waals surface area contributed by atoms with Gasteiger partial charge in [0, 0.05) is 50.4 Å². The van der Waals surface area contributed by atoms with E-state index in [1.165, 1.54) is 19.2 Å². The monoisotopic (exact) mass is 959 g/mol. The van der Waals surface area contributed by atoms with Crippen LogP contribution in [0.1, 0.15) is 107 Å². The molecule has 0 radical (unpaired) electrons. The minimum absolute atomic E-state index is 0.133. The molecule has 1 aliphatic heterocycles. The van der Waals surface area contributed by atoms with Crippen LogP contribution in [0, 0.1) is 19.8 Å². The maximum Gasteiger partial charge on any atom is 0.410 e. The standard InChI is InChI=1S/C49H61N13O8/c1-9-61-36(23-29(3)56-61)44(65)54-46-52-34-25-32(42(50)63)27-38(68-8)40(34)59(46)18-12-13-19-60-41-35(53-47(60)55-45(66)37-24-30(4)57-62(37)10-2)26-33(43(51)64)28-39(41)69-22-14-11-15-31-16-20-58(21-17-31)48(67)70-49(5,6)7/h11-14,23-28,31H,9-10,15-22H2,1-8H3,(H2,50,63)(H2,51,64)(H,52,54,65)(H,53,55,66)/b13-12+,14-11+. The lowest BCUT2D eigenvalue weighted by Gasteiger charge is -2.33. The number of primary amides is 2. The summed E-state index contributed by atoms with van der Waals surface area (Å²) >= 11 is 0. The number of carbonyl (C=O) groups excluding carboxylic acids is 5. The lowest BCUT2D eigenvalue weighted by Crippen LogP contribution is -2.41. The summed E-state index contributed by atoms with van der Waals surface area (Å²) in [5.74, 6) is -0.941. The van der Waals surface area contributed by atoms with Crippen molar-refractivity contribution in [2.24, 2.45) is 17.4 Å². The fraction of sp³-hybridized carbons (Fsp3) is 0.408. The zero-order valence-corrected chi connectivity index (χ0v) is 40.9. The number of benzene rings is 2. The Hall–Kier alpha value is -7.97. The van der Waals surface area contributed by atoms with Crippen molar-refractivity contribution < 1.29 is 38.2 Å². The fourth-order valence-electron chi connectivity index (χ4n) is 8.36. The fourth-order valence-corrected chi connectivity index (χ4v) is 8.36. The summed E-state index contributed by atoms with van der Waals surface area (Å²) in [6.07, 6.45) is 9.81. The molecule has 1 fully saturated rings. The molecule has 0 saturated carbocycles. The molecule has 21 heteroatoms. The Balaban J connectivity index is 1.19. The summed E-state index contributed by atoms with van der Waals surface area (Å²) in [4.78, 5) is 76.4. The molecule has 21 nitrogen and oxygen atoms in total. The minimum atomic E-state index is -0.689. The van der Waals surface area contributed by atoms with E-state index in [1.807, 2.05) is 58.9 Å². The third kappa shape index (κ3) is 11.3. The average Bonchev–Trinajstić information content (AvgIpc) is 4.08. The van der Waals surface area contributed by atoms with Gasteiger partial charge in [0.05, 0.1) is 29.5 Å². The number of nitrogens with zero attached hydrogens (tertiary/aromatic N) is 9. The Labute approximate surface area is 404 Å². The van der Waals surface area contributed by atoms with Crippen LogP contribution >= 0.6 is 0 Å². The smallest absolute Gasteiger partial charge is 0.410 e. The quantitative estimate of drug-likeness (QED) is 0.0685. The molecule has 7 rings (SSSR count). The van der Waals surface area contributed by atoms with Crippen molar-refractivity contribution >= 4 is 63.7 Å². The van der Waals surface area contributed by atoms with Gasteiger partial charge >= 0.3 is 6.09 Å². The molecule has 1 saturated heterocycles. The Bertz CT molecular complexity index is 3010. The first kappa shape index (κ1) is 49.9. The van der Waals surface area contributed by atoms with Crippen LogP contribution in [0.25, 0.3) is 22.1 Å². The number of likely N-dealkylation sites (tertiary alicyclic amines) is 1. The number of fused-ring (bicyclic) bond motifs is 2. The molecule has 0 bridgehead atoms. The lowest BCUT2D eigenvalue weighted by molar-refractivity contribution is 0.0184. The van der Waals surface area contributed by atoms with Gasteiger partial charge in [-0.3, -0.25) is 39.2 Å². The number of methoxy groups -OCH3 is 1. The molecule has 1 aliphatic rings. The number of ether oxygens (including phenoxy) is 3. The van der Waals surface area contributed by atoms with Gasteiger partial charge in [0.15, 0.2) is 0 Å². The molecule has 2 aromatic carbocycles. The van der Waals surface area contributed by atoms with E-state index in [9.17, 15) is 24.0 Å². The van der Waals surface area contributed by atoms with Gasteiger partial charge in [0.25, 0.3) is 11.8 Å². The van der Waals surface area contributed by atoms with Crippen molar-refractivity contribution in [2.45, 2.75) is 99.5 Å². The Kier molecular flexibility index (Phi) is 15.1. The number of amides is 5. The van der Waals surface area contributed by atoms with E-state index in [0.717, 1.165) is 19.3 Å². The molecule has 6 aromatic rings. The highest BCUT2D eigenvalue weighted by Gasteiger charge is 2.27. The van der Waals surface area contributed by atoms with Crippen LogP contribution in [-0.4, -0.2) is 106 Å². The number of aryl methyl sites for hydroxylation is 4. The van der Waals surface area contributed by atoms with Crippen LogP contribution in [0.4, 0.5) is 16.7 Å². The Morgan fingerprint density at radius 3 is 1.66 bits per heavy atom. The van der Waals surface area contributed by atoms with Gasteiger partial charge in [0.1, 0.15) is 46.1 Å². The van der Waals surface area contributed by atoms with Crippen LogP contribution in [0.5, 0.6) is 11.5 Å². The third-order valence-corrected chi connectivity index (χ3v) is 11.7. The number of nitrogens with one attached hydrogen (secondary N) is 2. The Morgan fingerprint density at radius 1 is 0.714 bits per heavy atom. The number of aromatic nitrogens is 8. The van der Waals surface area contributed by atoms with Crippen molar-refractivity contribution in [3.63, 3.8) is 0 Å². The van der Waals surface area contributed by atoms with E-state index in [4.69, 9.17) is 35.6 Å². The lowest BCUT2D eigenvalue weighted by atomic mass is 9.93. The molecule has 4 aromatic heterocycles. The molecule has 0 atom stereocenters. The minimum Gasteiger partial charge on any atom is -0.494 e. The number of carbonyl (C=O) groups is 5. The third-order valence-electron chi connectivity index (χ3n) is 11.7. The maximum atomic E-state index is 13.9. The van der Waals surface area contributed by atoms with Crippen LogP contribution in [0.3, 0.4) is 0 Å². The number of hydrogen-bond donors (Lipinski definition) is 4. The normalized spacial score (nSPS) is 13.5. The van der Waals surface area contributed by atoms with Crippen LogP contribution in [-0.2, 0) is 30.9 Å². The number of allylic oxidation sites excluding steroid dienone is 3. The van der Waals surface area contributed by atoms with E-state index in [0.29, 0.717) is 88.4 Å². The van der Waals surface area contributed by atoms with Gasteiger partial charge in [-0.25, -0.2) is 14.8 Å². The molecule has 70 heavy (non-hydrogen) atoms. The first-order valence-corrected chi connectivity index (χ1v) is 23.2. The van der Waals surface area contributed by atoms with Crippen LogP contribution < -0.4 is 31.6 Å². The zero-order valence-electron chi connectivity index (χ0n) is 40.9. The molecule has 0 aliphatic carbocycles. The molecular weight excluding hydrogens is 899 g/mol. The summed E-state index contributed by atoms with van der Waals surface area (Å²) in [6.45, 7) is 15.5. The van der Waals surface area contributed by atoms with E-state index in [2.05, 4.69) is 20.8 Å². The van der Waals surface area contributed by atoms with Gasteiger partial charge in [-0.2, -0.15) is 10.2 Å². The second kappa shape index (κ2) is 21.1. The Morgan fingerprint density at radius 2 is 1.20 bits per heavy atom. The molecule has 0 unspecified atom stereocenters. The summed E-state index contributed by atoms with van der Waals surface area (Å²) in [7, 11) is 1.46. The van der Waals surface area contributed by atoms with Crippen molar-refractivity contribution in [3.05, 3.63) is 94.6 Å². The van der Waals surface area contributed by atoms with Crippen molar-refractivity contribution in [3.8, 4) is 11.5 Å². The van der Waals surface area contributed by atoms with E-state index in [1.54, 1.807) is 61.5 Å². The highest BCUT2D eigenvalue weighted by Crippen LogP contribution is 2.33. The number of imidazole rings is 2. The maximum absolute atomic E-state index is 13.9. The van der Waals surface area contributed by atoms with Crippen molar-refractivity contribution in [1.29, 1.82) is 0 Å². The average molecular weight is 960 g/mol. The predicted octanol–water partition coefficient (Wildman–Crippen LogP) is 6.38. The second-order valence-corrected chi connectivity index (χ2v) is 18.0. The predicted molar refractivity (Wildman–Crippen MR) is 263 cm³/mol. The SMILES string of the molecule is CCn1nc(C)cc1C(=O)Nc1nc2cc(C(N)=O)cc(OC)c2n1C/C=C/Cn1c(NC(=O)c2cc(C)nn2CC)nc2cc(C(N)=O)cc(OC/C=C/CC3CCN(C(=O)OC(C)(C)C)CC3)c21. The van der Waals surface area contributed by atoms with Gasteiger partial charge in [0.2, 0.25) is 23.7 Å². The largest absolute Gasteiger partial charge is 0.494 e. The first-order chi connectivity index (χ1) is 33.4. The number of rotatable bonds is 18. The summed E-state index contributed by atoms with van der Waals surface area (Å²) in [6, 6.07) is 9.52. The number of hydrogen-bond acceptors (Lipinski definition) is 12. The molecular formula is C49H61N13O8. The topological polar surface area (TPSA) is 264 Å². The van der Waals surface area contributed by atoms with Crippen LogP contribution in [0.15, 0.2) is 60.7 Å². The molecule has 5 heterocycles. The molecule has 370 valence electrons. The molecule has 0 spiro atoms. The van der Waals surface area contributed by atoms with Gasteiger partial charge in [-0.15, -0.1) is 0 Å². The van der Waals surface area contributed by atoms with Crippen molar-refractivity contribution in [1.82, 2.24) is 43.6 Å². The number of piperidine rings is 1. The second-order valence-electron chi connectivity index (χ2n) is 18.0. The van der Waals surface area contributed by atoms with Gasteiger partial charge in [-0.1, -0.05) is 24.3 Å². The van der Waals surface area contributed by atoms with Gasteiger partial charge < -0.3 is 39.7 Å². The first-order valence-electron chi connectivity index (χ1n) is 23.2. The van der Waals surface area contributed by atoms with E-state index < -0.39 is 29.2 Å². The van der Waals surface area contributed by atoms with Crippen LogP contribution in [0.2, 0.25) is 0 Å². The highest BCUT2D eigenvalue weighted by atomic mass is 16.6. The molecule has 6 N–H and O–H groups in total. The van der Waals surface area contributed by atoms with E-state index >= 15 is 0 Å². The summed E-state index contributed by atoms with van der Waals surface area (Å²) < 4.78 is 24.3. The van der Waals surface area contributed by atoms with E-state index in [-0.39, 0.29) is 48.8 Å². The number of nitrogens with two attached hydrogens (primary N) is 2.